The van der Waals surface area contributed by atoms with Gasteiger partial charge in [0.1, 0.15) is 24.2 Å². The summed E-state index contributed by atoms with van der Waals surface area (Å²) in [4.78, 5) is 66.1. The van der Waals surface area contributed by atoms with E-state index in [-0.39, 0.29) is 29.4 Å². The molecule has 10 atom stereocenters. The first kappa shape index (κ1) is 49.1. The summed E-state index contributed by atoms with van der Waals surface area (Å²) in [7, 11) is -4.89. The number of carbonyl (C=O) groups excluding carboxylic acids is 5. The zero-order valence-corrected chi connectivity index (χ0v) is 39.0. The number of sulfonamides is 1. The van der Waals surface area contributed by atoms with E-state index in [9.17, 15) is 37.5 Å². The van der Waals surface area contributed by atoms with Gasteiger partial charge in [-0.25, -0.2) is 8.42 Å². The fraction of sp³-hybridized carbons (Fsp3) is 0.630. The maximum Gasteiger partial charge on any atom is 0.481 e. The van der Waals surface area contributed by atoms with E-state index in [0.717, 1.165) is 41.1 Å². The van der Waals surface area contributed by atoms with Crippen LogP contribution in [0.25, 0.3) is 11.1 Å². The van der Waals surface area contributed by atoms with E-state index in [4.69, 9.17) is 15.0 Å². The van der Waals surface area contributed by atoms with Gasteiger partial charge in [-0.1, -0.05) is 76.4 Å². The second-order valence-corrected chi connectivity index (χ2v) is 21.0. The molecule has 18 heteroatoms. The summed E-state index contributed by atoms with van der Waals surface area (Å²) in [5.74, 6) is -3.96. The Balaban J connectivity index is 1.02. The highest BCUT2D eigenvalue weighted by atomic mass is 32.2. The maximum absolute atomic E-state index is 13.9. The molecule has 3 saturated carbocycles. The number of carbonyl (C=O) groups is 5. The maximum atomic E-state index is 13.9. The lowest BCUT2D eigenvalue weighted by atomic mass is 9.43. The number of primary amides is 1. The van der Waals surface area contributed by atoms with Gasteiger partial charge in [0.2, 0.25) is 39.6 Å². The summed E-state index contributed by atoms with van der Waals surface area (Å²) >= 11 is 0. The van der Waals surface area contributed by atoms with Crippen molar-refractivity contribution in [2.75, 3.05) is 6.54 Å². The molecule has 2 bridgehead atoms. The van der Waals surface area contributed by atoms with Gasteiger partial charge in [0.25, 0.3) is 0 Å². The van der Waals surface area contributed by atoms with E-state index in [1.165, 1.54) is 50.8 Å². The molecule has 1 unspecified atom stereocenters. The van der Waals surface area contributed by atoms with Crippen LogP contribution in [0.15, 0.2) is 53.4 Å². The van der Waals surface area contributed by atoms with Crippen LogP contribution in [-0.2, 0) is 49.7 Å². The summed E-state index contributed by atoms with van der Waals surface area (Å²) in [5, 5.41) is 20.8. The van der Waals surface area contributed by atoms with Crippen molar-refractivity contribution in [1.82, 2.24) is 25.6 Å². The largest absolute Gasteiger partial charge is 0.481 e. The number of aryl methyl sites for hydroxylation is 1. The molecule has 5 amide bonds. The number of unbranched alkanes of at least 4 members (excludes halogenated alkanes) is 3. The average molecular weight is 907 g/mol. The predicted octanol–water partition coefficient (Wildman–Crippen LogP) is 3.13. The standard InChI is InChI=1S/C46H67BN6O10S/c1-8-9-10-11-13-30-15-17-31(18-16-30)32-19-21-34(22-20-32)64(60,61)53-23-12-14-36(53)43(58)52-40(28(3)54)44(59)49-27(2)41(56)51-35(26-39(48)55)42(57)50-29(4)47-62-38-25-33-24-37(45(33,5)6)46(38,7)63-47/h15-22,27-29,33,35-38,40,54H,8-14,23-26H2,1-7H3,(H2,48,55)(H,49,59)(H,50,57)(H,51,56)(H,52,58)/t27-,28+,29-,33+,35?,36-,37+,38+,40-,46-/m0/s1. The first-order valence-corrected chi connectivity index (χ1v) is 24.3. The number of benzene rings is 2. The summed E-state index contributed by atoms with van der Waals surface area (Å²) in [6.07, 6.45) is 6.11. The Morgan fingerprint density at radius 3 is 2.14 bits per heavy atom. The monoisotopic (exact) mass is 906 g/mol. The molecule has 3 aliphatic carbocycles. The molecule has 2 aromatic rings. The van der Waals surface area contributed by atoms with Gasteiger partial charge in [-0.2, -0.15) is 4.31 Å². The van der Waals surface area contributed by atoms with Gasteiger partial charge in [0.15, 0.2) is 0 Å². The van der Waals surface area contributed by atoms with Crippen LogP contribution >= 0.6 is 0 Å². The highest BCUT2D eigenvalue weighted by Crippen LogP contribution is 2.65. The van der Waals surface area contributed by atoms with Crippen molar-refractivity contribution >= 4 is 46.7 Å². The second-order valence-electron chi connectivity index (χ2n) is 19.1. The number of hydrogen-bond donors (Lipinski definition) is 6. The molecule has 0 radical (unpaired) electrons. The van der Waals surface area contributed by atoms with Crippen LogP contribution < -0.4 is 27.0 Å². The Morgan fingerprint density at radius 1 is 0.875 bits per heavy atom. The minimum Gasteiger partial charge on any atom is -0.404 e. The van der Waals surface area contributed by atoms with Crippen LogP contribution in [-0.4, -0.2) is 109 Å². The van der Waals surface area contributed by atoms with Gasteiger partial charge in [-0.3, -0.25) is 24.0 Å². The van der Waals surface area contributed by atoms with Crippen LogP contribution in [0.4, 0.5) is 0 Å². The SMILES string of the molecule is CCCCCCc1ccc(-c2ccc(S(=O)(=O)N3CCC[C@H]3C(=O)N[C@H](C(=O)N[C@@H](C)C(=O)NC(CC(N)=O)C(=O)N[C@@H](C)B3O[C@@H]4C[C@H]5C[C@H](C5(C)C)[C@]4(C)O3)[C@@H](C)O)cc2)cc1. The first-order chi connectivity index (χ1) is 30.2. The predicted molar refractivity (Wildman–Crippen MR) is 241 cm³/mol. The molecule has 64 heavy (non-hydrogen) atoms. The molecule has 2 heterocycles. The van der Waals surface area contributed by atoms with Gasteiger partial charge >= 0.3 is 7.12 Å². The van der Waals surface area contributed by atoms with E-state index < -0.39 is 94.9 Å². The Kier molecular flexibility index (Phi) is 15.4. The molecule has 2 aromatic carbocycles. The van der Waals surface area contributed by atoms with Gasteiger partial charge < -0.3 is 41.4 Å². The van der Waals surface area contributed by atoms with Gasteiger partial charge in [-0.15, -0.1) is 0 Å². The molecule has 2 aliphatic heterocycles. The lowest BCUT2D eigenvalue weighted by Crippen LogP contribution is -2.65. The molecule has 5 fully saturated rings. The third kappa shape index (κ3) is 10.5. The fourth-order valence-corrected chi connectivity index (χ4v) is 11.8. The van der Waals surface area contributed by atoms with E-state index in [0.29, 0.717) is 18.3 Å². The number of nitrogens with zero attached hydrogens (tertiary/aromatic N) is 1. The Hall–Kier alpha value is -4.36. The topological polar surface area (TPSA) is 236 Å². The lowest BCUT2D eigenvalue weighted by Gasteiger charge is -2.64. The minimum atomic E-state index is -4.14. The van der Waals surface area contributed by atoms with Crippen LogP contribution in [0.1, 0.15) is 112 Å². The zero-order chi connectivity index (χ0) is 46.7. The van der Waals surface area contributed by atoms with Crippen molar-refractivity contribution in [3.8, 4) is 11.1 Å². The highest BCUT2D eigenvalue weighted by molar-refractivity contribution is 7.89. The van der Waals surface area contributed by atoms with Crippen molar-refractivity contribution in [1.29, 1.82) is 0 Å². The normalized spacial score (nSPS) is 26.0. The summed E-state index contributed by atoms with van der Waals surface area (Å²) in [6, 6.07) is 9.26. The third-order valence-corrected chi connectivity index (χ3v) is 16.1. The number of nitrogens with one attached hydrogen (secondary N) is 4. The molecule has 7 N–H and O–H groups in total. The molecular formula is C46H67BN6O10S. The molecule has 16 nitrogen and oxygen atoms in total. The molecule has 0 aromatic heterocycles. The number of rotatable bonds is 20. The van der Waals surface area contributed by atoms with Gasteiger partial charge in [-0.05, 0) is 112 Å². The average Bonchev–Trinajstić information content (AvgIpc) is 3.90. The molecule has 350 valence electrons. The molecule has 5 aliphatic rings. The number of amides is 5. The van der Waals surface area contributed by atoms with Crippen molar-refractivity contribution < 1.29 is 46.8 Å². The van der Waals surface area contributed by atoms with Crippen LogP contribution in [0.3, 0.4) is 0 Å². The molecule has 7 rings (SSSR count). The summed E-state index contributed by atoms with van der Waals surface area (Å²) in [5.41, 5.74) is 8.11. The third-order valence-electron chi connectivity index (χ3n) is 14.2. The Labute approximate surface area is 378 Å². The van der Waals surface area contributed by atoms with Crippen LogP contribution in [0.2, 0.25) is 0 Å². The molecular weight excluding hydrogens is 839 g/mol. The van der Waals surface area contributed by atoms with Crippen molar-refractivity contribution in [3.05, 3.63) is 54.1 Å². The van der Waals surface area contributed by atoms with Crippen LogP contribution in [0.5, 0.6) is 0 Å². The Bertz CT molecular complexity index is 2140. The van der Waals surface area contributed by atoms with Gasteiger partial charge in [0, 0.05) is 6.54 Å². The zero-order valence-electron chi connectivity index (χ0n) is 38.2. The van der Waals surface area contributed by atoms with E-state index in [2.05, 4.69) is 61.1 Å². The van der Waals surface area contributed by atoms with E-state index in [1.54, 1.807) is 19.1 Å². The van der Waals surface area contributed by atoms with E-state index >= 15 is 0 Å². The number of aliphatic hydroxyl groups is 1. The fourth-order valence-electron chi connectivity index (χ4n) is 10.1. The molecule has 2 saturated heterocycles. The van der Waals surface area contributed by atoms with Crippen molar-refractivity contribution in [2.45, 2.75) is 165 Å². The quantitative estimate of drug-likeness (QED) is 0.0839. The second kappa shape index (κ2) is 20.0. The van der Waals surface area contributed by atoms with Crippen molar-refractivity contribution in [3.63, 3.8) is 0 Å². The van der Waals surface area contributed by atoms with Crippen molar-refractivity contribution in [2.24, 2.45) is 23.0 Å². The minimum absolute atomic E-state index is 0.0126. The summed E-state index contributed by atoms with van der Waals surface area (Å²) in [6.45, 7) is 13.1. The van der Waals surface area contributed by atoms with E-state index in [1.807, 2.05) is 12.1 Å². The smallest absolute Gasteiger partial charge is 0.404 e. The summed E-state index contributed by atoms with van der Waals surface area (Å²) < 4.78 is 41.6. The number of nitrogens with two attached hydrogens (primary N) is 1. The first-order valence-electron chi connectivity index (χ1n) is 22.9. The molecule has 0 spiro atoms. The number of hydrogen-bond acceptors (Lipinski definition) is 10. The highest BCUT2D eigenvalue weighted by Gasteiger charge is 2.68. The Morgan fingerprint density at radius 2 is 1.53 bits per heavy atom. The van der Waals surface area contributed by atoms with Crippen LogP contribution in [0, 0.1) is 17.3 Å². The number of aliphatic hydroxyl groups excluding tert-OH is 1. The van der Waals surface area contributed by atoms with Gasteiger partial charge in [0.05, 0.1) is 35.1 Å². The lowest BCUT2D eigenvalue weighted by molar-refractivity contribution is -0.199.